The van der Waals surface area contributed by atoms with Crippen LogP contribution in [-0.2, 0) is 0 Å². The normalized spacial score (nSPS) is 20.8. The lowest BCUT2D eigenvalue weighted by Gasteiger charge is -2.28. The summed E-state index contributed by atoms with van der Waals surface area (Å²) in [4.78, 5) is 23.1. The summed E-state index contributed by atoms with van der Waals surface area (Å²) in [5.41, 5.74) is 5.27. The molecule has 7 nitrogen and oxygen atoms in total. The smallest absolute Gasteiger partial charge is 0.350 e. The molecule has 0 aliphatic carbocycles. The second-order valence-electron chi connectivity index (χ2n) is 3.77. The van der Waals surface area contributed by atoms with E-state index in [1.54, 1.807) is 0 Å². The zero-order valence-corrected chi connectivity index (χ0v) is 9.72. The predicted molar refractivity (Wildman–Crippen MR) is 58.5 cm³/mol. The van der Waals surface area contributed by atoms with E-state index < -0.39 is 12.2 Å². The zero-order chi connectivity index (χ0) is 12.3. The van der Waals surface area contributed by atoms with E-state index in [2.05, 4.69) is 0 Å². The molecular weight excluding hydrogens is 210 g/mol. The van der Waals surface area contributed by atoms with Gasteiger partial charge in [0.15, 0.2) is 0 Å². The summed E-state index contributed by atoms with van der Waals surface area (Å²) in [7, 11) is 0. The van der Waals surface area contributed by atoms with Crippen LogP contribution >= 0.6 is 0 Å². The highest BCUT2D eigenvalue weighted by Gasteiger charge is 2.43. The van der Waals surface area contributed by atoms with Gasteiger partial charge in [0.2, 0.25) is 0 Å². The minimum Gasteiger partial charge on any atom is -0.350 e. The van der Waals surface area contributed by atoms with Crippen molar-refractivity contribution >= 4 is 12.1 Å². The predicted octanol–water partition coefficient (Wildman–Crippen LogP) is 0.430. The number of hydrazine groups is 2. The van der Waals surface area contributed by atoms with Crippen LogP contribution in [-0.4, -0.2) is 39.8 Å². The van der Waals surface area contributed by atoms with E-state index in [-0.39, 0.29) is 6.03 Å². The third kappa shape index (κ3) is 2.04. The molecule has 1 unspecified atom stereocenters. The van der Waals surface area contributed by atoms with Gasteiger partial charge < -0.3 is 5.73 Å². The first kappa shape index (κ1) is 12.6. The van der Waals surface area contributed by atoms with Gasteiger partial charge in [-0.1, -0.05) is 20.3 Å². The first-order chi connectivity index (χ1) is 7.54. The molecule has 0 saturated carbocycles. The monoisotopic (exact) mass is 229 g/mol. The lowest BCUT2D eigenvalue weighted by atomic mass is 10.2. The van der Waals surface area contributed by atoms with E-state index in [0.717, 1.165) is 17.9 Å². The molecule has 0 aromatic heterocycles. The molecular formula is C9H19N5O2. The van der Waals surface area contributed by atoms with Gasteiger partial charge in [-0.05, 0) is 12.8 Å². The van der Waals surface area contributed by atoms with E-state index in [1.807, 2.05) is 13.8 Å². The molecule has 0 radical (unpaired) electrons. The molecule has 1 fully saturated rings. The van der Waals surface area contributed by atoms with E-state index in [1.165, 1.54) is 10.0 Å². The zero-order valence-electron chi connectivity index (χ0n) is 9.72. The average molecular weight is 229 g/mol. The highest BCUT2D eigenvalue weighted by molar-refractivity contribution is 5.82. The Morgan fingerprint density at radius 2 is 2.00 bits per heavy atom. The van der Waals surface area contributed by atoms with Crippen LogP contribution in [0.15, 0.2) is 0 Å². The van der Waals surface area contributed by atoms with Crippen molar-refractivity contribution in [2.24, 2.45) is 11.6 Å². The third-order valence-corrected chi connectivity index (χ3v) is 2.51. The highest BCUT2D eigenvalue weighted by Crippen LogP contribution is 2.22. The van der Waals surface area contributed by atoms with Gasteiger partial charge in [-0.15, -0.1) is 0 Å². The molecule has 0 aromatic carbocycles. The number of primary amides is 1. The highest BCUT2D eigenvalue weighted by atomic mass is 16.2. The molecule has 1 saturated heterocycles. The van der Waals surface area contributed by atoms with Crippen LogP contribution < -0.4 is 11.6 Å². The van der Waals surface area contributed by atoms with Crippen molar-refractivity contribution in [3.8, 4) is 0 Å². The maximum absolute atomic E-state index is 11.8. The SMILES string of the molecule is CCCC1N(N)C(=O)N(CCC)N1C(N)=O. The molecule has 1 aliphatic heterocycles. The third-order valence-electron chi connectivity index (χ3n) is 2.51. The summed E-state index contributed by atoms with van der Waals surface area (Å²) in [6.45, 7) is 4.32. The van der Waals surface area contributed by atoms with Crippen molar-refractivity contribution in [2.45, 2.75) is 39.3 Å². The fourth-order valence-electron chi connectivity index (χ4n) is 1.83. The van der Waals surface area contributed by atoms with Gasteiger partial charge >= 0.3 is 12.1 Å². The van der Waals surface area contributed by atoms with Gasteiger partial charge in [0.1, 0.15) is 6.17 Å². The quantitative estimate of drug-likeness (QED) is 0.540. The number of carbonyl (C=O) groups is 2. The maximum Gasteiger partial charge on any atom is 0.355 e. The van der Waals surface area contributed by atoms with E-state index in [9.17, 15) is 9.59 Å². The van der Waals surface area contributed by atoms with Gasteiger partial charge in [0.05, 0.1) is 0 Å². The molecule has 1 aliphatic rings. The van der Waals surface area contributed by atoms with Crippen molar-refractivity contribution in [3.05, 3.63) is 0 Å². The van der Waals surface area contributed by atoms with Gasteiger partial charge in [0, 0.05) is 6.54 Å². The molecule has 16 heavy (non-hydrogen) atoms. The van der Waals surface area contributed by atoms with E-state index in [4.69, 9.17) is 11.6 Å². The average Bonchev–Trinajstić information content (AvgIpc) is 2.45. The number of urea groups is 2. The number of nitrogens with zero attached hydrogens (tertiary/aromatic N) is 3. The van der Waals surface area contributed by atoms with Gasteiger partial charge in [0.25, 0.3) is 0 Å². The molecule has 0 aromatic rings. The van der Waals surface area contributed by atoms with Crippen LogP contribution in [0.3, 0.4) is 0 Å². The number of hydrogen-bond donors (Lipinski definition) is 2. The second kappa shape index (κ2) is 5.02. The standard InChI is InChI=1S/C9H19N5O2/c1-3-5-7-13(11)9(16)12(6-4-2)14(7)8(10)15/h7H,3-6,11H2,1-2H3,(H2,10,15). The lowest BCUT2D eigenvalue weighted by molar-refractivity contribution is 0.0443. The molecule has 0 spiro atoms. The molecule has 92 valence electrons. The Labute approximate surface area is 94.9 Å². The number of hydrogen-bond acceptors (Lipinski definition) is 3. The largest absolute Gasteiger partial charge is 0.355 e. The summed E-state index contributed by atoms with van der Waals surface area (Å²) < 4.78 is 0. The summed E-state index contributed by atoms with van der Waals surface area (Å²) in [6.07, 6.45) is 1.71. The van der Waals surface area contributed by atoms with Crippen molar-refractivity contribution < 1.29 is 9.59 Å². The van der Waals surface area contributed by atoms with Crippen molar-refractivity contribution in [1.82, 2.24) is 15.0 Å². The lowest BCUT2D eigenvalue weighted by Crippen LogP contribution is -2.50. The Morgan fingerprint density at radius 3 is 2.44 bits per heavy atom. The van der Waals surface area contributed by atoms with Crippen LogP contribution in [0.5, 0.6) is 0 Å². The van der Waals surface area contributed by atoms with Gasteiger partial charge in [-0.25, -0.2) is 30.5 Å². The number of nitrogens with two attached hydrogens (primary N) is 2. The Morgan fingerprint density at radius 1 is 1.38 bits per heavy atom. The number of amides is 4. The van der Waals surface area contributed by atoms with E-state index in [0.29, 0.717) is 13.0 Å². The van der Waals surface area contributed by atoms with E-state index >= 15 is 0 Å². The van der Waals surface area contributed by atoms with Gasteiger partial charge in [-0.3, -0.25) is 0 Å². The Hall–Kier alpha value is -1.50. The first-order valence-electron chi connectivity index (χ1n) is 5.48. The summed E-state index contributed by atoms with van der Waals surface area (Å²) in [5, 5.41) is 3.63. The molecule has 7 heteroatoms. The van der Waals surface area contributed by atoms with Crippen LogP contribution in [0.2, 0.25) is 0 Å². The fourth-order valence-corrected chi connectivity index (χ4v) is 1.83. The van der Waals surface area contributed by atoms with Crippen molar-refractivity contribution in [1.29, 1.82) is 0 Å². The number of rotatable bonds is 4. The molecule has 1 atom stereocenters. The molecule has 4 amide bonds. The summed E-state index contributed by atoms with van der Waals surface area (Å²) in [5.74, 6) is 5.65. The van der Waals surface area contributed by atoms with Crippen LogP contribution in [0.1, 0.15) is 33.1 Å². The Balaban J connectivity index is 2.92. The topological polar surface area (TPSA) is 95.9 Å². The van der Waals surface area contributed by atoms with Crippen molar-refractivity contribution in [2.75, 3.05) is 6.54 Å². The Bertz CT molecular complexity index is 283. The summed E-state index contributed by atoms with van der Waals surface area (Å²) in [6, 6.07) is -1.02. The first-order valence-corrected chi connectivity index (χ1v) is 5.48. The van der Waals surface area contributed by atoms with Crippen LogP contribution in [0, 0.1) is 0 Å². The maximum atomic E-state index is 11.8. The fraction of sp³-hybridized carbons (Fsp3) is 0.778. The molecule has 4 N–H and O–H groups in total. The van der Waals surface area contributed by atoms with Crippen molar-refractivity contribution in [3.63, 3.8) is 0 Å². The minimum atomic E-state index is -0.645. The van der Waals surface area contributed by atoms with Crippen LogP contribution in [0.4, 0.5) is 9.59 Å². The molecule has 0 bridgehead atoms. The van der Waals surface area contributed by atoms with Gasteiger partial charge in [-0.2, -0.15) is 0 Å². The second-order valence-corrected chi connectivity index (χ2v) is 3.77. The summed E-state index contributed by atoms with van der Waals surface area (Å²) >= 11 is 0. The van der Waals surface area contributed by atoms with Crippen LogP contribution in [0.25, 0.3) is 0 Å². The Kier molecular flexibility index (Phi) is 3.94. The molecule has 1 rings (SSSR count). The molecule has 1 heterocycles. The number of carbonyl (C=O) groups excluding carboxylic acids is 2. The minimum absolute atomic E-state index is 0.376.